The van der Waals surface area contributed by atoms with Gasteiger partial charge in [0, 0.05) is 18.2 Å². The van der Waals surface area contributed by atoms with Crippen molar-refractivity contribution in [1.29, 1.82) is 0 Å². The Balaban J connectivity index is 2.28. The molecule has 1 aromatic carbocycles. The molecule has 1 rings (SSSR count). The molecule has 0 saturated heterocycles. The van der Waals surface area contributed by atoms with Gasteiger partial charge in [0.15, 0.2) is 0 Å². The average Bonchev–Trinajstić information content (AvgIpc) is 2.28. The molecular weight excluding hydrogens is 217 g/mol. The second-order valence-electron chi connectivity index (χ2n) is 4.21. The topological polar surface area (TPSA) is 21.3 Å². The van der Waals surface area contributed by atoms with Crippen molar-refractivity contribution in [2.45, 2.75) is 19.9 Å². The van der Waals surface area contributed by atoms with Gasteiger partial charge in [-0.05, 0) is 19.9 Å². The number of hydrogen-bond acceptors (Lipinski definition) is 2. The Kier molecular flexibility index (Phi) is 5.87. The molecular formula is C14H20FNO. The van der Waals surface area contributed by atoms with E-state index in [1.807, 2.05) is 19.9 Å². The Hall–Kier alpha value is -1.19. The van der Waals surface area contributed by atoms with Crippen LogP contribution < -0.4 is 5.32 Å². The maximum atomic E-state index is 13.4. The van der Waals surface area contributed by atoms with Crippen LogP contribution in [0.15, 0.2) is 36.4 Å². The molecule has 0 aliphatic carbocycles. The second-order valence-corrected chi connectivity index (χ2v) is 4.21. The standard InChI is InChI=1S/C14H20FNO/c1-11(2)10-17-9-8-16-12(3)13-6-4-5-7-14(13)15/h4-7,12,16H,1,8-10H2,2-3H3. The Bertz CT molecular complexity index is 365. The molecule has 0 aliphatic rings. The van der Waals surface area contributed by atoms with E-state index in [2.05, 4.69) is 11.9 Å². The lowest BCUT2D eigenvalue weighted by Crippen LogP contribution is -2.24. The summed E-state index contributed by atoms with van der Waals surface area (Å²) in [6, 6.07) is 6.80. The maximum Gasteiger partial charge on any atom is 0.127 e. The summed E-state index contributed by atoms with van der Waals surface area (Å²) in [7, 11) is 0. The van der Waals surface area contributed by atoms with E-state index in [9.17, 15) is 4.39 Å². The molecule has 1 aromatic rings. The lowest BCUT2D eigenvalue weighted by atomic mass is 10.1. The fourth-order valence-electron chi connectivity index (χ4n) is 1.53. The lowest BCUT2D eigenvalue weighted by Gasteiger charge is -2.15. The molecule has 17 heavy (non-hydrogen) atoms. The van der Waals surface area contributed by atoms with Gasteiger partial charge in [0.25, 0.3) is 0 Å². The van der Waals surface area contributed by atoms with Crippen molar-refractivity contribution < 1.29 is 9.13 Å². The molecule has 0 radical (unpaired) electrons. The Morgan fingerprint density at radius 1 is 1.47 bits per heavy atom. The fraction of sp³-hybridized carbons (Fsp3) is 0.429. The van der Waals surface area contributed by atoms with E-state index >= 15 is 0 Å². The van der Waals surface area contributed by atoms with Gasteiger partial charge in [-0.15, -0.1) is 0 Å². The zero-order valence-corrected chi connectivity index (χ0v) is 10.5. The number of benzene rings is 1. The summed E-state index contributed by atoms with van der Waals surface area (Å²) >= 11 is 0. The molecule has 2 nitrogen and oxygen atoms in total. The molecule has 0 bridgehead atoms. The minimum Gasteiger partial charge on any atom is -0.376 e. The van der Waals surface area contributed by atoms with E-state index in [1.54, 1.807) is 12.1 Å². The minimum absolute atomic E-state index is 0.00960. The predicted octanol–water partition coefficient (Wildman–Crippen LogP) is 3.07. The summed E-state index contributed by atoms with van der Waals surface area (Å²) in [4.78, 5) is 0. The third kappa shape index (κ3) is 5.11. The highest BCUT2D eigenvalue weighted by Gasteiger charge is 2.08. The van der Waals surface area contributed by atoms with Crippen molar-refractivity contribution in [2.24, 2.45) is 0 Å². The molecule has 0 spiro atoms. The molecule has 0 saturated carbocycles. The van der Waals surface area contributed by atoms with E-state index in [0.717, 1.165) is 5.57 Å². The third-order valence-corrected chi connectivity index (χ3v) is 2.42. The van der Waals surface area contributed by atoms with Gasteiger partial charge in [0.05, 0.1) is 13.2 Å². The first-order valence-corrected chi connectivity index (χ1v) is 5.81. The van der Waals surface area contributed by atoms with E-state index in [0.29, 0.717) is 25.3 Å². The van der Waals surface area contributed by atoms with Crippen molar-refractivity contribution >= 4 is 0 Å². The van der Waals surface area contributed by atoms with Gasteiger partial charge in [-0.2, -0.15) is 0 Å². The Morgan fingerprint density at radius 2 is 2.18 bits per heavy atom. The van der Waals surface area contributed by atoms with Crippen LogP contribution in [-0.4, -0.2) is 19.8 Å². The van der Waals surface area contributed by atoms with Gasteiger partial charge in [-0.1, -0.05) is 30.4 Å². The van der Waals surface area contributed by atoms with Crippen LogP contribution in [0.3, 0.4) is 0 Å². The van der Waals surface area contributed by atoms with Crippen LogP contribution >= 0.6 is 0 Å². The fourth-order valence-corrected chi connectivity index (χ4v) is 1.53. The van der Waals surface area contributed by atoms with Crippen LogP contribution in [0.1, 0.15) is 25.5 Å². The summed E-state index contributed by atoms with van der Waals surface area (Å²) in [6.07, 6.45) is 0. The summed E-state index contributed by atoms with van der Waals surface area (Å²) in [5.41, 5.74) is 1.69. The first-order valence-electron chi connectivity index (χ1n) is 5.81. The SMILES string of the molecule is C=C(C)COCCNC(C)c1ccccc1F. The van der Waals surface area contributed by atoms with E-state index in [4.69, 9.17) is 4.74 Å². The van der Waals surface area contributed by atoms with Gasteiger partial charge in [0.2, 0.25) is 0 Å². The van der Waals surface area contributed by atoms with Gasteiger partial charge in [0.1, 0.15) is 5.82 Å². The largest absolute Gasteiger partial charge is 0.376 e. The van der Waals surface area contributed by atoms with Crippen LogP contribution in [0.2, 0.25) is 0 Å². The van der Waals surface area contributed by atoms with Gasteiger partial charge in [-0.25, -0.2) is 4.39 Å². The van der Waals surface area contributed by atoms with E-state index < -0.39 is 0 Å². The number of hydrogen-bond donors (Lipinski definition) is 1. The molecule has 3 heteroatoms. The molecule has 0 aliphatic heterocycles. The molecule has 0 fully saturated rings. The molecule has 0 amide bonds. The summed E-state index contributed by atoms with van der Waals surface area (Å²) in [6.45, 7) is 9.50. The first-order chi connectivity index (χ1) is 8.11. The molecule has 0 heterocycles. The molecule has 0 aromatic heterocycles. The van der Waals surface area contributed by atoms with Crippen molar-refractivity contribution in [2.75, 3.05) is 19.8 Å². The van der Waals surface area contributed by atoms with Crippen molar-refractivity contribution in [3.63, 3.8) is 0 Å². The number of ether oxygens (including phenoxy) is 1. The summed E-state index contributed by atoms with van der Waals surface area (Å²) < 4.78 is 18.8. The highest BCUT2D eigenvalue weighted by Crippen LogP contribution is 2.15. The number of rotatable bonds is 7. The Morgan fingerprint density at radius 3 is 2.82 bits per heavy atom. The van der Waals surface area contributed by atoms with Crippen LogP contribution in [0.25, 0.3) is 0 Å². The smallest absolute Gasteiger partial charge is 0.127 e. The molecule has 1 unspecified atom stereocenters. The zero-order chi connectivity index (χ0) is 12.7. The average molecular weight is 237 g/mol. The first kappa shape index (κ1) is 13.9. The van der Waals surface area contributed by atoms with E-state index in [1.165, 1.54) is 6.07 Å². The van der Waals surface area contributed by atoms with Crippen LogP contribution in [-0.2, 0) is 4.74 Å². The van der Waals surface area contributed by atoms with Crippen LogP contribution in [0, 0.1) is 5.82 Å². The predicted molar refractivity (Wildman–Crippen MR) is 68.5 cm³/mol. The Labute approximate surface area is 102 Å². The molecule has 1 atom stereocenters. The lowest BCUT2D eigenvalue weighted by molar-refractivity contribution is 0.155. The number of halogens is 1. The van der Waals surface area contributed by atoms with Crippen molar-refractivity contribution in [1.82, 2.24) is 5.32 Å². The summed E-state index contributed by atoms with van der Waals surface area (Å²) in [5.74, 6) is -0.171. The van der Waals surface area contributed by atoms with Crippen molar-refractivity contribution in [3.8, 4) is 0 Å². The van der Waals surface area contributed by atoms with Crippen molar-refractivity contribution in [3.05, 3.63) is 47.8 Å². The normalized spacial score (nSPS) is 12.4. The maximum absolute atomic E-state index is 13.4. The minimum atomic E-state index is -0.171. The van der Waals surface area contributed by atoms with Gasteiger partial charge < -0.3 is 10.1 Å². The molecule has 1 N–H and O–H groups in total. The third-order valence-electron chi connectivity index (χ3n) is 2.42. The quantitative estimate of drug-likeness (QED) is 0.581. The van der Waals surface area contributed by atoms with Gasteiger partial charge in [-0.3, -0.25) is 0 Å². The van der Waals surface area contributed by atoms with Crippen LogP contribution in [0.4, 0.5) is 4.39 Å². The zero-order valence-electron chi connectivity index (χ0n) is 10.5. The highest BCUT2D eigenvalue weighted by molar-refractivity contribution is 5.20. The second kappa shape index (κ2) is 7.20. The highest BCUT2D eigenvalue weighted by atomic mass is 19.1. The monoisotopic (exact) mass is 237 g/mol. The number of nitrogens with one attached hydrogen (secondary N) is 1. The van der Waals surface area contributed by atoms with Gasteiger partial charge >= 0.3 is 0 Å². The van der Waals surface area contributed by atoms with Crippen LogP contribution in [0.5, 0.6) is 0 Å². The van der Waals surface area contributed by atoms with E-state index in [-0.39, 0.29) is 11.9 Å². The summed E-state index contributed by atoms with van der Waals surface area (Å²) in [5, 5.41) is 3.22. The molecule has 94 valence electrons.